The standard InChI is InChI=1S/C23H25N7O3/c1-13-4-7-16(11-17(13)26-23(32)18(25-3)10-14(2)24)33-21-9-8-20-27-19(12-30(20)29-21)28-22(31)15-5-6-15/h4,7-12,15H,5-6,24H2,1-3H3,(H,26,32)(H,28,31). The van der Waals surface area contributed by atoms with Crippen LogP contribution in [0.3, 0.4) is 0 Å². The number of rotatable bonds is 7. The highest BCUT2D eigenvalue weighted by Gasteiger charge is 2.30. The second kappa shape index (κ2) is 9.11. The number of aliphatic imine (C=N–C) groups is 1. The SMILES string of the molecule is CN=C(C=C(C)N)C(=O)Nc1cc(Oc2ccc3nc(NC(=O)C4CC4)cn3n2)ccc1C. The maximum atomic E-state index is 12.5. The second-order valence-electron chi connectivity index (χ2n) is 7.89. The number of imidazole rings is 1. The third kappa shape index (κ3) is 5.35. The monoisotopic (exact) mass is 447 g/mol. The average Bonchev–Trinajstić information content (AvgIpc) is 3.55. The maximum absolute atomic E-state index is 12.5. The van der Waals surface area contributed by atoms with Crippen molar-refractivity contribution in [3.63, 3.8) is 0 Å². The van der Waals surface area contributed by atoms with Gasteiger partial charge in [-0.25, -0.2) is 9.50 Å². The van der Waals surface area contributed by atoms with Gasteiger partial charge >= 0.3 is 0 Å². The highest BCUT2D eigenvalue weighted by Crippen LogP contribution is 2.30. The highest BCUT2D eigenvalue weighted by atomic mass is 16.5. The first-order chi connectivity index (χ1) is 15.8. The third-order valence-corrected chi connectivity index (χ3v) is 5.01. The lowest BCUT2D eigenvalue weighted by Crippen LogP contribution is -2.22. The number of nitrogens with zero attached hydrogens (tertiary/aromatic N) is 4. The molecule has 4 N–H and O–H groups in total. The van der Waals surface area contributed by atoms with Crippen LogP contribution in [0.5, 0.6) is 11.6 Å². The third-order valence-electron chi connectivity index (χ3n) is 5.01. The number of ether oxygens (including phenoxy) is 1. The first-order valence-electron chi connectivity index (χ1n) is 10.5. The lowest BCUT2D eigenvalue weighted by Gasteiger charge is -2.11. The van der Waals surface area contributed by atoms with Crippen LogP contribution >= 0.6 is 0 Å². The predicted molar refractivity (Wildman–Crippen MR) is 126 cm³/mol. The summed E-state index contributed by atoms with van der Waals surface area (Å²) in [6.07, 6.45) is 4.99. The molecule has 4 rings (SSSR count). The van der Waals surface area contributed by atoms with Crippen LogP contribution in [0, 0.1) is 12.8 Å². The molecule has 1 aromatic carbocycles. The van der Waals surface area contributed by atoms with E-state index in [1.165, 1.54) is 13.1 Å². The van der Waals surface area contributed by atoms with E-state index in [1.807, 2.05) is 13.0 Å². The predicted octanol–water partition coefficient (Wildman–Crippen LogP) is 3.05. The van der Waals surface area contributed by atoms with Gasteiger partial charge in [-0.15, -0.1) is 5.10 Å². The normalized spacial score (nSPS) is 14.3. The quantitative estimate of drug-likeness (QED) is 0.476. The van der Waals surface area contributed by atoms with Crippen LogP contribution in [-0.4, -0.2) is 39.2 Å². The van der Waals surface area contributed by atoms with Gasteiger partial charge in [0, 0.05) is 36.5 Å². The maximum Gasteiger partial charge on any atom is 0.273 e. The number of carbonyl (C=O) groups is 2. The Hall–Kier alpha value is -4.21. The molecule has 0 spiro atoms. The molecule has 33 heavy (non-hydrogen) atoms. The summed E-state index contributed by atoms with van der Waals surface area (Å²) in [4.78, 5) is 32.8. The first kappa shape index (κ1) is 22.0. The number of nitrogens with one attached hydrogen (secondary N) is 2. The molecule has 2 amide bonds. The summed E-state index contributed by atoms with van der Waals surface area (Å²) in [5.41, 5.74) is 8.39. The number of benzene rings is 1. The van der Waals surface area contributed by atoms with E-state index in [1.54, 1.807) is 41.9 Å². The van der Waals surface area contributed by atoms with Gasteiger partial charge in [-0.3, -0.25) is 14.6 Å². The molecule has 10 heteroatoms. The fourth-order valence-electron chi connectivity index (χ4n) is 3.11. The van der Waals surface area contributed by atoms with Crippen molar-refractivity contribution in [1.29, 1.82) is 0 Å². The van der Waals surface area contributed by atoms with Gasteiger partial charge in [0.1, 0.15) is 11.5 Å². The molecule has 1 fully saturated rings. The van der Waals surface area contributed by atoms with Crippen LogP contribution in [0.15, 0.2) is 53.3 Å². The average molecular weight is 447 g/mol. The van der Waals surface area contributed by atoms with Gasteiger partial charge in [-0.2, -0.15) is 0 Å². The van der Waals surface area contributed by atoms with Crippen molar-refractivity contribution in [2.75, 3.05) is 17.7 Å². The van der Waals surface area contributed by atoms with Crippen LogP contribution in [-0.2, 0) is 9.59 Å². The molecule has 0 atom stereocenters. The zero-order valence-corrected chi connectivity index (χ0v) is 18.6. The molecule has 10 nitrogen and oxygen atoms in total. The van der Waals surface area contributed by atoms with Crippen LogP contribution in [0.4, 0.5) is 11.5 Å². The van der Waals surface area contributed by atoms with Gasteiger partial charge in [-0.05, 0) is 50.5 Å². The van der Waals surface area contributed by atoms with Gasteiger partial charge in [0.15, 0.2) is 11.5 Å². The summed E-state index contributed by atoms with van der Waals surface area (Å²) < 4.78 is 7.43. The van der Waals surface area contributed by atoms with Crippen LogP contribution in [0.1, 0.15) is 25.3 Å². The summed E-state index contributed by atoms with van der Waals surface area (Å²) in [7, 11) is 1.53. The van der Waals surface area contributed by atoms with E-state index in [0.717, 1.165) is 18.4 Å². The van der Waals surface area contributed by atoms with Gasteiger partial charge in [0.05, 0.1) is 6.20 Å². The Labute approximate surface area is 190 Å². The molecular formula is C23H25N7O3. The van der Waals surface area contributed by atoms with E-state index in [4.69, 9.17) is 10.5 Å². The molecule has 0 unspecified atom stereocenters. The molecule has 2 heterocycles. The van der Waals surface area contributed by atoms with Crippen molar-refractivity contribution >= 4 is 34.7 Å². The van der Waals surface area contributed by atoms with Crippen molar-refractivity contribution in [1.82, 2.24) is 14.6 Å². The Morgan fingerprint density at radius 2 is 2.03 bits per heavy atom. The summed E-state index contributed by atoms with van der Waals surface area (Å²) in [5, 5.41) is 10.0. The van der Waals surface area contributed by atoms with E-state index in [9.17, 15) is 9.59 Å². The Morgan fingerprint density at radius 3 is 2.73 bits per heavy atom. The number of amides is 2. The number of hydrogen-bond donors (Lipinski definition) is 3. The zero-order chi connectivity index (χ0) is 23.5. The number of aryl methyl sites for hydroxylation is 1. The topological polar surface area (TPSA) is 136 Å². The number of aromatic nitrogens is 3. The van der Waals surface area contributed by atoms with Crippen molar-refractivity contribution in [3.8, 4) is 11.6 Å². The number of fused-ring (bicyclic) bond motifs is 1. The first-order valence-corrected chi connectivity index (χ1v) is 10.5. The Kier molecular flexibility index (Phi) is 6.07. The Morgan fingerprint density at radius 1 is 1.24 bits per heavy atom. The van der Waals surface area contributed by atoms with E-state index < -0.39 is 0 Å². The van der Waals surface area contributed by atoms with Crippen LogP contribution in [0.25, 0.3) is 5.65 Å². The number of carbonyl (C=O) groups excluding carboxylic acids is 2. The lowest BCUT2D eigenvalue weighted by atomic mass is 10.2. The molecule has 0 saturated heterocycles. The molecule has 1 aliphatic rings. The lowest BCUT2D eigenvalue weighted by molar-refractivity contribution is -0.117. The fourth-order valence-corrected chi connectivity index (χ4v) is 3.11. The molecule has 1 aliphatic carbocycles. The summed E-state index contributed by atoms with van der Waals surface area (Å²) in [5.74, 6) is 0.975. The minimum Gasteiger partial charge on any atom is -0.438 e. The number of hydrogen-bond acceptors (Lipinski definition) is 7. The highest BCUT2D eigenvalue weighted by molar-refractivity contribution is 6.47. The molecule has 1 saturated carbocycles. The zero-order valence-electron chi connectivity index (χ0n) is 18.6. The Balaban J connectivity index is 1.50. The number of allylic oxidation sites excluding steroid dienone is 1. The molecular weight excluding hydrogens is 422 g/mol. The summed E-state index contributed by atoms with van der Waals surface area (Å²) in [6, 6.07) is 8.76. The molecule has 0 bridgehead atoms. The molecule has 0 radical (unpaired) electrons. The van der Waals surface area contributed by atoms with Crippen LogP contribution in [0.2, 0.25) is 0 Å². The van der Waals surface area contributed by atoms with Crippen molar-refractivity contribution in [2.24, 2.45) is 16.6 Å². The summed E-state index contributed by atoms with van der Waals surface area (Å²) in [6.45, 7) is 3.56. The Bertz CT molecular complexity index is 1280. The minimum absolute atomic E-state index is 0.0162. The molecule has 0 aliphatic heterocycles. The smallest absolute Gasteiger partial charge is 0.273 e. The van der Waals surface area contributed by atoms with Gasteiger partial charge in [0.2, 0.25) is 11.8 Å². The molecule has 2 aromatic heterocycles. The number of nitrogens with two attached hydrogens (primary N) is 1. The van der Waals surface area contributed by atoms with Gasteiger partial charge in [0.25, 0.3) is 5.91 Å². The molecule has 3 aromatic rings. The van der Waals surface area contributed by atoms with Gasteiger partial charge < -0.3 is 21.1 Å². The van der Waals surface area contributed by atoms with Crippen molar-refractivity contribution in [2.45, 2.75) is 26.7 Å². The van der Waals surface area contributed by atoms with E-state index >= 15 is 0 Å². The van der Waals surface area contributed by atoms with Crippen LogP contribution < -0.4 is 21.1 Å². The van der Waals surface area contributed by atoms with Gasteiger partial charge in [-0.1, -0.05) is 6.07 Å². The number of anilines is 2. The van der Waals surface area contributed by atoms with E-state index in [2.05, 4.69) is 25.7 Å². The molecule has 170 valence electrons. The largest absolute Gasteiger partial charge is 0.438 e. The van der Waals surface area contributed by atoms with E-state index in [-0.39, 0.29) is 23.4 Å². The minimum atomic E-state index is -0.374. The van der Waals surface area contributed by atoms with Crippen molar-refractivity contribution in [3.05, 3.63) is 53.9 Å². The fraction of sp³-hybridized carbons (Fsp3) is 0.261. The van der Waals surface area contributed by atoms with Crippen molar-refractivity contribution < 1.29 is 14.3 Å². The van der Waals surface area contributed by atoms with E-state index in [0.29, 0.717) is 34.5 Å². The summed E-state index contributed by atoms with van der Waals surface area (Å²) >= 11 is 0. The second-order valence-corrected chi connectivity index (χ2v) is 7.89.